The van der Waals surface area contributed by atoms with Gasteiger partial charge in [-0.25, -0.2) is 4.68 Å². The number of aromatic nitrogens is 3. The lowest BCUT2D eigenvalue weighted by Crippen LogP contribution is -2.09. The van der Waals surface area contributed by atoms with Crippen molar-refractivity contribution in [2.45, 2.75) is 26.3 Å². The van der Waals surface area contributed by atoms with Gasteiger partial charge in [0.25, 0.3) is 5.69 Å². The van der Waals surface area contributed by atoms with Crippen molar-refractivity contribution < 1.29 is 4.92 Å². The lowest BCUT2D eigenvalue weighted by Gasteiger charge is -2.10. The molecule has 106 valence electrons. The molecule has 0 radical (unpaired) electrons. The minimum atomic E-state index is -0.424. The molecule has 0 spiro atoms. The molecule has 8 heteroatoms. The first-order valence-corrected chi connectivity index (χ1v) is 6.81. The third kappa shape index (κ3) is 2.64. The number of anilines is 1. The summed E-state index contributed by atoms with van der Waals surface area (Å²) in [6.07, 6.45) is 0. The molecule has 0 aliphatic rings. The third-order valence-corrected chi connectivity index (χ3v) is 3.84. The number of benzene rings is 1. The second kappa shape index (κ2) is 5.58. The first-order chi connectivity index (χ1) is 9.41. The van der Waals surface area contributed by atoms with Gasteiger partial charge in [0.1, 0.15) is 4.47 Å². The zero-order valence-corrected chi connectivity index (χ0v) is 12.7. The van der Waals surface area contributed by atoms with Crippen molar-refractivity contribution in [3.05, 3.63) is 44.0 Å². The van der Waals surface area contributed by atoms with Gasteiger partial charge >= 0.3 is 0 Å². The lowest BCUT2D eigenvalue weighted by atomic mass is 10.1. The van der Waals surface area contributed by atoms with Crippen LogP contribution in [0.3, 0.4) is 0 Å². The number of nitro benzene ring substituents is 1. The molecule has 0 fully saturated rings. The largest absolute Gasteiger partial charge is 0.381 e. The van der Waals surface area contributed by atoms with Gasteiger partial charge < -0.3 is 5.73 Å². The fourth-order valence-electron chi connectivity index (χ4n) is 2.04. The van der Waals surface area contributed by atoms with Crippen molar-refractivity contribution in [1.82, 2.24) is 15.0 Å². The molecule has 0 aliphatic carbocycles. The highest BCUT2D eigenvalue weighted by Gasteiger charge is 2.18. The van der Waals surface area contributed by atoms with Crippen LogP contribution in [-0.4, -0.2) is 19.9 Å². The topological polar surface area (TPSA) is 99.9 Å². The van der Waals surface area contributed by atoms with Crippen LogP contribution in [0.4, 0.5) is 11.5 Å². The van der Waals surface area contributed by atoms with Crippen LogP contribution in [0.25, 0.3) is 0 Å². The maximum atomic E-state index is 10.9. The number of nitrogens with two attached hydrogens (primary N) is 1. The summed E-state index contributed by atoms with van der Waals surface area (Å²) < 4.78 is 2.12. The van der Waals surface area contributed by atoms with Crippen molar-refractivity contribution >= 4 is 27.4 Å². The number of nitro groups is 1. The van der Waals surface area contributed by atoms with Gasteiger partial charge in [0, 0.05) is 6.07 Å². The Morgan fingerprint density at radius 1 is 1.50 bits per heavy atom. The lowest BCUT2D eigenvalue weighted by molar-refractivity contribution is -0.385. The monoisotopic (exact) mass is 339 g/mol. The molecule has 1 heterocycles. The first kappa shape index (κ1) is 14.4. The SMILES string of the molecule is CC(C)c1c(N)nnn1Cc1cccc([N+](=O)[O-])c1Br. The van der Waals surface area contributed by atoms with Crippen molar-refractivity contribution in [2.24, 2.45) is 0 Å². The van der Waals surface area contributed by atoms with Gasteiger partial charge in [-0.1, -0.05) is 31.2 Å². The maximum Gasteiger partial charge on any atom is 0.283 e. The van der Waals surface area contributed by atoms with E-state index in [-0.39, 0.29) is 11.6 Å². The highest BCUT2D eigenvalue weighted by atomic mass is 79.9. The van der Waals surface area contributed by atoms with E-state index in [1.54, 1.807) is 16.8 Å². The van der Waals surface area contributed by atoms with E-state index in [2.05, 4.69) is 26.2 Å². The molecule has 0 unspecified atom stereocenters. The Kier molecular flexibility index (Phi) is 4.03. The molecule has 0 amide bonds. The number of hydrogen-bond donors (Lipinski definition) is 1. The predicted octanol–water partition coefficient (Wildman–Crippen LogP) is 2.70. The van der Waals surface area contributed by atoms with Crippen LogP contribution in [0.1, 0.15) is 31.0 Å². The number of hydrogen-bond acceptors (Lipinski definition) is 5. The van der Waals surface area contributed by atoms with E-state index in [4.69, 9.17) is 5.73 Å². The minimum Gasteiger partial charge on any atom is -0.381 e. The molecular formula is C12H14BrN5O2. The minimum absolute atomic E-state index is 0.0293. The molecule has 0 saturated carbocycles. The summed E-state index contributed by atoms with van der Waals surface area (Å²) in [5.41, 5.74) is 7.41. The second-order valence-electron chi connectivity index (χ2n) is 4.68. The Hall–Kier alpha value is -1.96. The van der Waals surface area contributed by atoms with Crippen molar-refractivity contribution in [2.75, 3.05) is 5.73 Å². The smallest absolute Gasteiger partial charge is 0.283 e. The van der Waals surface area contributed by atoms with Crippen LogP contribution in [0.5, 0.6) is 0 Å². The van der Waals surface area contributed by atoms with Crippen molar-refractivity contribution in [1.29, 1.82) is 0 Å². The molecule has 2 N–H and O–H groups in total. The molecule has 7 nitrogen and oxygen atoms in total. The van der Waals surface area contributed by atoms with Gasteiger partial charge in [0.15, 0.2) is 5.82 Å². The predicted molar refractivity (Wildman–Crippen MR) is 78.4 cm³/mol. The molecular weight excluding hydrogens is 326 g/mol. The average molecular weight is 340 g/mol. The van der Waals surface area contributed by atoms with Gasteiger partial charge in [-0.2, -0.15) is 0 Å². The molecule has 0 bridgehead atoms. The Morgan fingerprint density at radius 2 is 2.20 bits per heavy atom. The van der Waals surface area contributed by atoms with E-state index in [9.17, 15) is 10.1 Å². The number of halogens is 1. The van der Waals surface area contributed by atoms with E-state index in [1.165, 1.54) is 6.07 Å². The molecule has 0 saturated heterocycles. The zero-order chi connectivity index (χ0) is 14.9. The van der Waals surface area contributed by atoms with E-state index < -0.39 is 4.92 Å². The number of nitrogen functional groups attached to an aromatic ring is 1. The molecule has 2 aromatic rings. The van der Waals surface area contributed by atoms with Crippen molar-refractivity contribution in [3.63, 3.8) is 0 Å². The molecule has 0 aliphatic heterocycles. The Balaban J connectivity index is 2.41. The fourth-order valence-corrected chi connectivity index (χ4v) is 2.57. The molecule has 0 atom stereocenters. The second-order valence-corrected chi connectivity index (χ2v) is 5.47. The summed E-state index contributed by atoms with van der Waals surface area (Å²) in [6, 6.07) is 4.90. The highest BCUT2D eigenvalue weighted by Crippen LogP contribution is 2.29. The molecule has 1 aromatic heterocycles. The van der Waals surface area contributed by atoms with Crippen LogP contribution in [0, 0.1) is 10.1 Å². The number of nitrogens with zero attached hydrogens (tertiary/aromatic N) is 4. The summed E-state index contributed by atoms with van der Waals surface area (Å²) in [7, 11) is 0. The first-order valence-electron chi connectivity index (χ1n) is 6.02. The van der Waals surface area contributed by atoms with Gasteiger partial charge in [-0.3, -0.25) is 10.1 Å². The quantitative estimate of drug-likeness (QED) is 0.681. The average Bonchev–Trinajstić information content (AvgIpc) is 2.72. The summed E-state index contributed by atoms with van der Waals surface area (Å²) >= 11 is 3.27. The molecule has 2 rings (SSSR count). The summed E-state index contributed by atoms with van der Waals surface area (Å²) in [5.74, 6) is 0.559. The number of rotatable bonds is 4. The van der Waals surface area contributed by atoms with Crippen molar-refractivity contribution in [3.8, 4) is 0 Å². The normalized spacial score (nSPS) is 11.0. The van der Waals surface area contributed by atoms with Crippen LogP contribution >= 0.6 is 15.9 Å². The van der Waals surface area contributed by atoms with Crippen LogP contribution < -0.4 is 5.73 Å². The highest BCUT2D eigenvalue weighted by molar-refractivity contribution is 9.10. The molecule has 20 heavy (non-hydrogen) atoms. The zero-order valence-electron chi connectivity index (χ0n) is 11.1. The third-order valence-electron chi connectivity index (χ3n) is 2.92. The Labute approximate surface area is 124 Å². The van der Waals surface area contributed by atoms with Gasteiger partial charge in [-0.05, 0) is 27.4 Å². The summed E-state index contributed by atoms with van der Waals surface area (Å²) in [4.78, 5) is 10.5. The van der Waals surface area contributed by atoms with Crippen LogP contribution in [0.2, 0.25) is 0 Å². The van der Waals surface area contributed by atoms with E-state index >= 15 is 0 Å². The van der Waals surface area contributed by atoms with Gasteiger partial charge in [0.05, 0.1) is 17.2 Å². The summed E-state index contributed by atoms with van der Waals surface area (Å²) in [5, 5.41) is 18.8. The van der Waals surface area contributed by atoms with E-state index in [1.807, 2.05) is 13.8 Å². The van der Waals surface area contributed by atoms with Crippen LogP contribution in [0.15, 0.2) is 22.7 Å². The fraction of sp³-hybridized carbons (Fsp3) is 0.333. The van der Waals surface area contributed by atoms with Gasteiger partial charge in [-0.15, -0.1) is 5.10 Å². The summed E-state index contributed by atoms with van der Waals surface area (Å²) in [6.45, 7) is 4.36. The molecule has 1 aromatic carbocycles. The van der Waals surface area contributed by atoms with E-state index in [0.29, 0.717) is 16.8 Å². The Bertz CT molecular complexity index is 653. The van der Waals surface area contributed by atoms with E-state index in [0.717, 1.165) is 11.3 Å². The Morgan fingerprint density at radius 3 is 2.80 bits per heavy atom. The van der Waals surface area contributed by atoms with Gasteiger partial charge in [0.2, 0.25) is 0 Å². The maximum absolute atomic E-state index is 10.9. The van der Waals surface area contributed by atoms with Crippen LogP contribution in [-0.2, 0) is 6.54 Å². The standard InChI is InChI=1S/C12H14BrN5O2/c1-7(2)11-12(14)15-16-17(11)6-8-4-3-5-9(10(8)13)18(19)20/h3-5,7H,6,14H2,1-2H3.